The minimum absolute atomic E-state index is 0.193. The summed E-state index contributed by atoms with van der Waals surface area (Å²) < 4.78 is 5.74. The zero-order chi connectivity index (χ0) is 18.1. The molecule has 3 nitrogen and oxygen atoms in total. The molecule has 0 aliphatic carbocycles. The van der Waals surface area contributed by atoms with Crippen molar-refractivity contribution < 1.29 is 9.53 Å². The molecule has 138 valence electrons. The minimum Gasteiger partial charge on any atom is -0.439 e. The summed E-state index contributed by atoms with van der Waals surface area (Å²) >= 11 is 0. The fourth-order valence-corrected chi connectivity index (χ4v) is 3.91. The summed E-state index contributed by atoms with van der Waals surface area (Å²) in [5, 5.41) is 0. The van der Waals surface area contributed by atoms with E-state index in [1.54, 1.807) is 0 Å². The highest BCUT2D eigenvalue weighted by atomic mass is 16.6. The lowest BCUT2D eigenvalue weighted by Crippen LogP contribution is -2.50. The van der Waals surface area contributed by atoms with E-state index in [0.717, 1.165) is 31.2 Å². The fourth-order valence-electron chi connectivity index (χ4n) is 3.91. The van der Waals surface area contributed by atoms with Gasteiger partial charge in [0, 0.05) is 6.54 Å². The van der Waals surface area contributed by atoms with Crippen LogP contribution in [0.25, 0.3) is 0 Å². The molecule has 0 saturated carbocycles. The van der Waals surface area contributed by atoms with Crippen molar-refractivity contribution in [2.45, 2.75) is 83.4 Å². The zero-order valence-electron chi connectivity index (χ0n) is 15.9. The number of amides is 1. The van der Waals surface area contributed by atoms with Crippen LogP contribution in [0.2, 0.25) is 0 Å². The Hall–Kier alpha value is -1.77. The molecule has 0 radical (unpaired) electrons. The average Bonchev–Trinajstić information content (AvgIpc) is 2.89. The van der Waals surface area contributed by atoms with Crippen LogP contribution in [0.4, 0.5) is 4.79 Å². The van der Waals surface area contributed by atoms with Crippen molar-refractivity contribution in [1.82, 2.24) is 4.90 Å². The number of unbranched alkanes of at least 4 members (excludes halogenated alkanes) is 4. The van der Waals surface area contributed by atoms with Gasteiger partial charge in [-0.1, -0.05) is 89.3 Å². The van der Waals surface area contributed by atoms with Crippen molar-refractivity contribution in [2.75, 3.05) is 0 Å². The van der Waals surface area contributed by atoms with Crippen LogP contribution in [0.1, 0.15) is 70.8 Å². The predicted octanol–water partition coefficient (Wildman–Crippen LogP) is 6.09. The van der Waals surface area contributed by atoms with Crippen LogP contribution >= 0.6 is 0 Å². The first-order valence-electron chi connectivity index (χ1n) is 9.82. The van der Waals surface area contributed by atoms with Gasteiger partial charge in [0.15, 0.2) is 0 Å². The highest BCUT2D eigenvalue weighted by molar-refractivity contribution is 5.72. The summed E-state index contributed by atoms with van der Waals surface area (Å²) in [6, 6.07) is 10.2. The second-order valence-corrected chi connectivity index (χ2v) is 7.13. The molecule has 1 unspecified atom stereocenters. The van der Waals surface area contributed by atoms with Crippen LogP contribution in [0, 0.1) is 0 Å². The summed E-state index contributed by atoms with van der Waals surface area (Å²) in [6.45, 7) is 9.01. The molecule has 2 rings (SSSR count). The SMILES string of the molecule is C=CC1OC(=O)N(Cc2ccccc2)C1(CCCCC)CCCCC. The molecule has 1 aromatic rings. The van der Waals surface area contributed by atoms with Gasteiger partial charge in [0.25, 0.3) is 0 Å². The molecule has 1 aromatic carbocycles. The largest absolute Gasteiger partial charge is 0.439 e. The fraction of sp³-hybridized carbons (Fsp3) is 0.591. The number of carbonyl (C=O) groups excluding carboxylic acids is 1. The van der Waals surface area contributed by atoms with Crippen LogP contribution in [-0.2, 0) is 11.3 Å². The maximum atomic E-state index is 12.7. The molecule has 1 heterocycles. The Morgan fingerprint density at radius 2 is 1.68 bits per heavy atom. The van der Waals surface area contributed by atoms with Gasteiger partial charge in [0.2, 0.25) is 0 Å². The van der Waals surface area contributed by atoms with E-state index in [1.807, 2.05) is 29.2 Å². The van der Waals surface area contributed by atoms with Crippen LogP contribution in [0.15, 0.2) is 43.0 Å². The molecule has 1 aliphatic heterocycles. The van der Waals surface area contributed by atoms with Gasteiger partial charge in [-0.05, 0) is 24.5 Å². The molecule has 1 aliphatic rings. The van der Waals surface area contributed by atoms with Gasteiger partial charge in [-0.3, -0.25) is 4.90 Å². The Morgan fingerprint density at radius 3 is 2.20 bits per heavy atom. The summed E-state index contributed by atoms with van der Waals surface area (Å²) in [7, 11) is 0. The molecule has 1 atom stereocenters. The molecule has 1 fully saturated rings. The number of cyclic esters (lactones) is 1. The highest BCUT2D eigenvalue weighted by Crippen LogP contribution is 2.41. The number of benzene rings is 1. The van der Waals surface area contributed by atoms with Crippen LogP contribution in [-0.4, -0.2) is 22.6 Å². The van der Waals surface area contributed by atoms with Crippen LogP contribution in [0.5, 0.6) is 0 Å². The van der Waals surface area contributed by atoms with Crippen molar-refractivity contribution in [3.05, 3.63) is 48.6 Å². The van der Waals surface area contributed by atoms with E-state index in [9.17, 15) is 4.79 Å². The van der Waals surface area contributed by atoms with E-state index < -0.39 is 0 Å². The van der Waals surface area contributed by atoms with Crippen LogP contribution < -0.4 is 0 Å². The van der Waals surface area contributed by atoms with E-state index in [-0.39, 0.29) is 17.7 Å². The minimum atomic E-state index is -0.251. The molecule has 0 spiro atoms. The third kappa shape index (κ3) is 4.65. The molecular weight excluding hydrogens is 310 g/mol. The standard InChI is InChI=1S/C22H33NO2/c1-4-7-12-16-22(17-13-8-5-2)20(6-3)25-21(24)23(22)18-19-14-10-9-11-15-19/h6,9-11,14-15,20H,3-5,7-8,12-13,16-18H2,1-2H3. The highest BCUT2D eigenvalue weighted by Gasteiger charge is 2.52. The topological polar surface area (TPSA) is 29.5 Å². The number of hydrogen-bond donors (Lipinski definition) is 0. The van der Waals surface area contributed by atoms with Gasteiger partial charge in [0.1, 0.15) is 6.10 Å². The Balaban J connectivity index is 2.28. The molecule has 1 saturated heterocycles. The molecule has 0 bridgehead atoms. The van der Waals surface area contributed by atoms with Crippen molar-refractivity contribution in [1.29, 1.82) is 0 Å². The van der Waals surface area contributed by atoms with E-state index in [4.69, 9.17) is 4.74 Å². The number of nitrogens with zero attached hydrogens (tertiary/aromatic N) is 1. The zero-order valence-corrected chi connectivity index (χ0v) is 15.9. The normalized spacial score (nSPS) is 19.0. The van der Waals surface area contributed by atoms with Gasteiger partial charge in [0.05, 0.1) is 5.54 Å². The molecule has 25 heavy (non-hydrogen) atoms. The monoisotopic (exact) mass is 343 g/mol. The van der Waals surface area contributed by atoms with E-state index in [1.165, 1.54) is 25.7 Å². The lowest BCUT2D eigenvalue weighted by atomic mass is 9.80. The van der Waals surface area contributed by atoms with Gasteiger partial charge in [-0.15, -0.1) is 0 Å². The smallest absolute Gasteiger partial charge is 0.411 e. The lowest BCUT2D eigenvalue weighted by Gasteiger charge is -2.39. The maximum Gasteiger partial charge on any atom is 0.411 e. The van der Waals surface area contributed by atoms with E-state index >= 15 is 0 Å². The number of rotatable bonds is 11. The van der Waals surface area contributed by atoms with E-state index in [2.05, 4.69) is 32.6 Å². The Kier molecular flexibility index (Phi) is 7.54. The quantitative estimate of drug-likeness (QED) is 0.359. The Morgan fingerprint density at radius 1 is 1.08 bits per heavy atom. The summed E-state index contributed by atoms with van der Waals surface area (Å²) in [5.41, 5.74) is 0.901. The molecule has 0 aromatic heterocycles. The maximum absolute atomic E-state index is 12.7. The van der Waals surface area contributed by atoms with Gasteiger partial charge < -0.3 is 4.74 Å². The van der Waals surface area contributed by atoms with Crippen molar-refractivity contribution in [3.63, 3.8) is 0 Å². The lowest BCUT2D eigenvalue weighted by molar-refractivity contribution is 0.101. The second-order valence-electron chi connectivity index (χ2n) is 7.13. The molecule has 1 amide bonds. The second kappa shape index (κ2) is 9.65. The van der Waals surface area contributed by atoms with Crippen molar-refractivity contribution >= 4 is 6.09 Å². The van der Waals surface area contributed by atoms with Crippen LogP contribution in [0.3, 0.4) is 0 Å². The van der Waals surface area contributed by atoms with Gasteiger partial charge in [-0.2, -0.15) is 0 Å². The third-order valence-electron chi connectivity index (χ3n) is 5.34. The average molecular weight is 344 g/mol. The first-order chi connectivity index (χ1) is 12.2. The van der Waals surface area contributed by atoms with Crippen molar-refractivity contribution in [3.8, 4) is 0 Å². The summed E-state index contributed by atoms with van der Waals surface area (Å²) in [5.74, 6) is 0. The number of hydrogen-bond acceptors (Lipinski definition) is 2. The Labute approximate surface area is 153 Å². The van der Waals surface area contributed by atoms with E-state index in [0.29, 0.717) is 6.54 Å². The van der Waals surface area contributed by atoms with Gasteiger partial charge in [-0.25, -0.2) is 4.79 Å². The molecule has 3 heteroatoms. The molecular formula is C22H33NO2. The molecule has 0 N–H and O–H groups in total. The van der Waals surface area contributed by atoms with Gasteiger partial charge >= 0.3 is 6.09 Å². The Bertz CT molecular complexity index is 530. The summed E-state index contributed by atoms with van der Waals surface area (Å²) in [4.78, 5) is 14.7. The van der Waals surface area contributed by atoms with Crippen molar-refractivity contribution in [2.24, 2.45) is 0 Å². The third-order valence-corrected chi connectivity index (χ3v) is 5.34. The summed E-state index contributed by atoms with van der Waals surface area (Å²) in [6.07, 6.45) is 10.4. The number of ether oxygens (including phenoxy) is 1. The first kappa shape index (κ1) is 19.6. The number of carbonyl (C=O) groups is 1. The predicted molar refractivity (Wildman–Crippen MR) is 103 cm³/mol. The first-order valence-corrected chi connectivity index (χ1v) is 9.82.